The van der Waals surface area contributed by atoms with Crippen LogP contribution >= 0.6 is 31.9 Å². The highest BCUT2D eigenvalue weighted by Gasteiger charge is 2.09. The lowest BCUT2D eigenvalue weighted by Crippen LogP contribution is -2.26. The standard InChI is InChI=1S/C19H22Br2N4O3/c1-28-17(26)5-7-25-19(27)12-2-3-16(15(22)10-12)24-6-4-11-8-13(20)18(23)14(21)9-11/h2-3,8-10,24H,4-7,22-23H2,1H3,(H,25,27). The monoisotopic (exact) mass is 512 g/mol. The molecule has 0 radical (unpaired) electrons. The Balaban J connectivity index is 1.90. The predicted octanol–water partition coefficient (Wildman–Crippen LogP) is 3.32. The molecule has 7 nitrogen and oxygen atoms in total. The number of nitrogen functional groups attached to an aromatic ring is 2. The van der Waals surface area contributed by atoms with E-state index in [1.165, 1.54) is 7.11 Å². The first-order valence-electron chi connectivity index (χ1n) is 8.53. The van der Waals surface area contributed by atoms with Crippen molar-refractivity contribution in [3.8, 4) is 0 Å². The lowest BCUT2D eigenvalue weighted by Gasteiger charge is -2.12. The second kappa shape index (κ2) is 10.3. The first-order chi connectivity index (χ1) is 13.3. The van der Waals surface area contributed by atoms with E-state index in [4.69, 9.17) is 11.5 Å². The SMILES string of the molecule is COC(=O)CCNC(=O)c1ccc(NCCc2cc(Br)c(N)c(Br)c2)c(N)c1. The predicted molar refractivity (Wildman–Crippen MR) is 118 cm³/mol. The van der Waals surface area contributed by atoms with E-state index < -0.39 is 0 Å². The minimum atomic E-state index is -0.375. The summed E-state index contributed by atoms with van der Waals surface area (Å²) in [4.78, 5) is 23.2. The van der Waals surface area contributed by atoms with Crippen molar-refractivity contribution in [3.63, 3.8) is 0 Å². The van der Waals surface area contributed by atoms with Crippen LogP contribution in [-0.4, -0.2) is 32.1 Å². The zero-order valence-electron chi connectivity index (χ0n) is 15.4. The summed E-state index contributed by atoms with van der Waals surface area (Å²) in [6.07, 6.45) is 0.890. The van der Waals surface area contributed by atoms with E-state index >= 15 is 0 Å². The smallest absolute Gasteiger partial charge is 0.307 e. The average molecular weight is 514 g/mol. The van der Waals surface area contributed by atoms with Gasteiger partial charge in [-0.25, -0.2) is 0 Å². The third-order valence-electron chi connectivity index (χ3n) is 4.02. The Kier molecular flexibility index (Phi) is 8.13. The number of hydrogen-bond donors (Lipinski definition) is 4. The summed E-state index contributed by atoms with van der Waals surface area (Å²) in [7, 11) is 1.31. The highest BCUT2D eigenvalue weighted by atomic mass is 79.9. The van der Waals surface area contributed by atoms with Crippen LogP contribution in [0.5, 0.6) is 0 Å². The molecule has 2 aromatic rings. The van der Waals surface area contributed by atoms with Gasteiger partial charge in [0.05, 0.1) is 30.6 Å². The Hall–Kier alpha value is -2.26. The van der Waals surface area contributed by atoms with Crippen molar-refractivity contribution < 1.29 is 14.3 Å². The molecule has 1 amide bonds. The van der Waals surface area contributed by atoms with E-state index in [-0.39, 0.29) is 24.8 Å². The molecular weight excluding hydrogens is 492 g/mol. The molecule has 0 aliphatic heterocycles. The maximum atomic E-state index is 12.1. The number of anilines is 3. The minimum Gasteiger partial charge on any atom is -0.469 e. The normalized spacial score (nSPS) is 10.4. The molecule has 0 bridgehead atoms. The molecule has 28 heavy (non-hydrogen) atoms. The van der Waals surface area contributed by atoms with E-state index in [1.807, 2.05) is 12.1 Å². The molecule has 0 aliphatic rings. The summed E-state index contributed by atoms with van der Waals surface area (Å²) in [5.74, 6) is -0.668. The molecule has 0 saturated carbocycles. The molecule has 0 heterocycles. The number of esters is 1. The molecule has 0 fully saturated rings. The molecule has 2 aromatic carbocycles. The number of hydrogen-bond acceptors (Lipinski definition) is 6. The lowest BCUT2D eigenvalue weighted by molar-refractivity contribution is -0.140. The van der Waals surface area contributed by atoms with Gasteiger partial charge in [0.1, 0.15) is 0 Å². The highest BCUT2D eigenvalue weighted by Crippen LogP contribution is 2.30. The fraction of sp³-hybridized carbons (Fsp3) is 0.263. The molecule has 0 atom stereocenters. The fourth-order valence-electron chi connectivity index (χ4n) is 2.47. The van der Waals surface area contributed by atoms with E-state index in [1.54, 1.807) is 18.2 Å². The molecule has 0 saturated heterocycles. The van der Waals surface area contributed by atoms with Crippen LogP contribution in [0.25, 0.3) is 0 Å². The molecule has 0 unspecified atom stereocenters. The van der Waals surface area contributed by atoms with Gasteiger partial charge < -0.3 is 26.8 Å². The van der Waals surface area contributed by atoms with E-state index in [9.17, 15) is 9.59 Å². The van der Waals surface area contributed by atoms with Crippen molar-refractivity contribution >= 4 is 60.8 Å². The summed E-state index contributed by atoms with van der Waals surface area (Å²) in [6.45, 7) is 0.871. The maximum Gasteiger partial charge on any atom is 0.307 e. The second-order valence-electron chi connectivity index (χ2n) is 6.03. The van der Waals surface area contributed by atoms with Gasteiger partial charge in [0.25, 0.3) is 5.91 Å². The van der Waals surface area contributed by atoms with Crippen molar-refractivity contribution in [1.82, 2.24) is 5.32 Å². The summed E-state index contributed by atoms with van der Waals surface area (Å²) < 4.78 is 6.22. The Morgan fingerprint density at radius 3 is 2.36 bits per heavy atom. The fourth-order valence-corrected chi connectivity index (χ4v) is 3.75. The molecule has 150 valence electrons. The largest absolute Gasteiger partial charge is 0.469 e. The van der Waals surface area contributed by atoms with Crippen LogP contribution in [0.4, 0.5) is 17.1 Å². The Morgan fingerprint density at radius 2 is 1.75 bits per heavy atom. The average Bonchev–Trinajstić information content (AvgIpc) is 2.66. The van der Waals surface area contributed by atoms with Crippen molar-refractivity contribution in [2.45, 2.75) is 12.8 Å². The van der Waals surface area contributed by atoms with Gasteiger partial charge in [0.2, 0.25) is 0 Å². The molecule has 2 rings (SSSR count). The van der Waals surface area contributed by atoms with Gasteiger partial charge in [0, 0.05) is 27.6 Å². The number of methoxy groups -OCH3 is 1. The zero-order valence-corrected chi connectivity index (χ0v) is 18.5. The van der Waals surface area contributed by atoms with Gasteiger partial charge in [-0.15, -0.1) is 0 Å². The third kappa shape index (κ3) is 6.13. The van der Waals surface area contributed by atoms with E-state index in [0.29, 0.717) is 23.5 Å². The van der Waals surface area contributed by atoms with Crippen LogP contribution in [0.15, 0.2) is 39.3 Å². The number of carbonyl (C=O) groups is 2. The van der Waals surface area contributed by atoms with Crippen molar-refractivity contribution in [1.29, 1.82) is 0 Å². The number of rotatable bonds is 8. The topological polar surface area (TPSA) is 119 Å². The number of amides is 1. The minimum absolute atomic E-state index is 0.120. The van der Waals surface area contributed by atoms with Gasteiger partial charge in [-0.05, 0) is 74.2 Å². The van der Waals surface area contributed by atoms with Gasteiger partial charge in [0.15, 0.2) is 0 Å². The summed E-state index contributed by atoms with van der Waals surface area (Å²) in [5.41, 5.74) is 15.4. The van der Waals surface area contributed by atoms with Crippen LogP contribution < -0.4 is 22.1 Å². The number of nitrogens with two attached hydrogens (primary N) is 2. The number of nitrogens with one attached hydrogen (secondary N) is 2. The van der Waals surface area contributed by atoms with Crippen LogP contribution in [0.1, 0.15) is 22.3 Å². The molecule has 0 spiro atoms. The number of carbonyl (C=O) groups excluding carboxylic acids is 2. The quantitative estimate of drug-likeness (QED) is 0.317. The summed E-state index contributed by atoms with van der Waals surface area (Å²) in [6, 6.07) is 9.01. The van der Waals surface area contributed by atoms with E-state index in [2.05, 4.69) is 47.2 Å². The van der Waals surface area contributed by atoms with Gasteiger partial charge in [-0.3, -0.25) is 9.59 Å². The molecule has 9 heteroatoms. The molecular formula is C19H22Br2N4O3. The molecule has 0 aliphatic carbocycles. The van der Waals surface area contributed by atoms with Gasteiger partial charge in [-0.2, -0.15) is 0 Å². The van der Waals surface area contributed by atoms with Crippen LogP contribution in [0, 0.1) is 0 Å². The summed E-state index contributed by atoms with van der Waals surface area (Å²) >= 11 is 6.88. The van der Waals surface area contributed by atoms with Gasteiger partial charge >= 0.3 is 5.97 Å². The van der Waals surface area contributed by atoms with Crippen LogP contribution in [-0.2, 0) is 16.0 Å². The zero-order chi connectivity index (χ0) is 20.7. The highest BCUT2D eigenvalue weighted by molar-refractivity contribution is 9.11. The summed E-state index contributed by atoms with van der Waals surface area (Å²) in [5, 5.41) is 5.92. The lowest BCUT2D eigenvalue weighted by atomic mass is 10.1. The van der Waals surface area contributed by atoms with Gasteiger partial charge in [-0.1, -0.05) is 0 Å². The van der Waals surface area contributed by atoms with E-state index in [0.717, 1.165) is 26.6 Å². The Morgan fingerprint density at radius 1 is 1.07 bits per heavy atom. The first kappa shape index (κ1) is 22.0. The third-order valence-corrected chi connectivity index (χ3v) is 5.34. The van der Waals surface area contributed by atoms with Crippen molar-refractivity contribution in [2.24, 2.45) is 0 Å². The number of benzene rings is 2. The van der Waals surface area contributed by atoms with Crippen molar-refractivity contribution in [3.05, 3.63) is 50.4 Å². The second-order valence-corrected chi connectivity index (χ2v) is 7.74. The molecule has 0 aromatic heterocycles. The number of halogens is 2. The number of ether oxygens (including phenoxy) is 1. The maximum absolute atomic E-state index is 12.1. The van der Waals surface area contributed by atoms with Crippen LogP contribution in [0.2, 0.25) is 0 Å². The molecule has 6 N–H and O–H groups in total. The van der Waals surface area contributed by atoms with Crippen molar-refractivity contribution in [2.75, 3.05) is 37.0 Å². The van der Waals surface area contributed by atoms with Crippen LogP contribution in [0.3, 0.4) is 0 Å². The Labute approximate surface area is 180 Å². The Bertz CT molecular complexity index is 851. The first-order valence-corrected chi connectivity index (χ1v) is 10.1.